The van der Waals surface area contributed by atoms with Crippen LogP contribution in [0, 0.1) is 0 Å². The maximum atomic E-state index is 11.4. The van der Waals surface area contributed by atoms with Crippen LogP contribution in [0.5, 0.6) is 0 Å². The van der Waals surface area contributed by atoms with Gasteiger partial charge in [0, 0.05) is 40.1 Å². The van der Waals surface area contributed by atoms with Crippen molar-refractivity contribution in [2.24, 2.45) is 10.2 Å². The molecule has 29 heavy (non-hydrogen) atoms. The number of carboxylic acids is 1. The van der Waals surface area contributed by atoms with Crippen LogP contribution in [-0.4, -0.2) is 23.5 Å². The van der Waals surface area contributed by atoms with Crippen molar-refractivity contribution in [1.82, 2.24) is 5.43 Å². The van der Waals surface area contributed by atoms with E-state index in [1.165, 1.54) is 31.2 Å². The summed E-state index contributed by atoms with van der Waals surface area (Å²) in [5.74, 6) is 4.03. The fourth-order valence-corrected chi connectivity index (χ4v) is 1.74. The molecule has 155 valence electrons. The number of nitrogens with zero attached hydrogens (tertiary/aromatic N) is 2. The van der Waals surface area contributed by atoms with Gasteiger partial charge in [-0.2, -0.15) is 10.2 Å². The molecule has 0 saturated heterocycles. The van der Waals surface area contributed by atoms with Gasteiger partial charge in [-0.05, 0) is 48.9 Å². The Morgan fingerprint density at radius 2 is 1.31 bits per heavy atom. The van der Waals surface area contributed by atoms with Crippen LogP contribution >= 0.6 is 23.2 Å². The van der Waals surface area contributed by atoms with E-state index in [1.807, 2.05) is 0 Å². The normalized spacial score (nSPS) is 10.5. The van der Waals surface area contributed by atoms with Crippen molar-refractivity contribution in [3.63, 3.8) is 0 Å². The van der Waals surface area contributed by atoms with Crippen LogP contribution in [0.2, 0.25) is 10.0 Å². The van der Waals surface area contributed by atoms with Gasteiger partial charge in [0.15, 0.2) is 0 Å². The second-order valence-corrected chi connectivity index (χ2v) is 5.72. The van der Waals surface area contributed by atoms with Crippen LogP contribution in [0.1, 0.15) is 22.8 Å². The second kappa shape index (κ2) is 14.6. The Balaban J connectivity index is 0. The number of halogens is 2. The zero-order valence-electron chi connectivity index (χ0n) is 14.8. The smallest absolute Gasteiger partial charge is 0.234 e. The third-order valence-electron chi connectivity index (χ3n) is 2.90. The molecule has 2 rings (SSSR count). The SMILES string of the molecule is C/C(=N\N=C(/[O-])c1ccc(Cl)cc1)C(=O)[O-].[NH-]NC(=O)c1ccc(Cl)cc1.[O-2].[V]. The van der Waals surface area contributed by atoms with Gasteiger partial charge in [0.2, 0.25) is 5.91 Å². The molecule has 0 saturated carbocycles. The van der Waals surface area contributed by atoms with Crippen LogP contribution in [0.25, 0.3) is 5.84 Å². The Kier molecular flexibility index (Phi) is 14.5. The molecule has 1 radical (unpaired) electrons. The minimum atomic E-state index is -1.47. The fraction of sp³-hybridized carbons (Fsp3) is 0.0588. The van der Waals surface area contributed by atoms with Crippen molar-refractivity contribution in [3.8, 4) is 0 Å². The molecule has 12 heteroatoms. The van der Waals surface area contributed by atoms with E-state index in [-0.39, 0.29) is 35.3 Å². The van der Waals surface area contributed by atoms with Crippen LogP contribution in [0.15, 0.2) is 58.7 Å². The minimum Gasteiger partial charge on any atom is -2.00 e. The average Bonchev–Trinajstić information content (AvgIpc) is 2.66. The first-order chi connectivity index (χ1) is 12.7. The molecule has 2 aromatic rings. The zero-order chi connectivity index (χ0) is 20.4. The first-order valence-corrected chi connectivity index (χ1v) is 7.99. The number of carbonyl (C=O) groups is 2. The van der Waals surface area contributed by atoms with Gasteiger partial charge >= 0.3 is 0 Å². The summed E-state index contributed by atoms with van der Waals surface area (Å²) in [6, 6.07) is 12.3. The number of carbonyl (C=O) groups excluding carboxylic acids is 2. The van der Waals surface area contributed by atoms with Gasteiger partial charge in [-0.25, -0.2) is 0 Å². The third kappa shape index (κ3) is 10.6. The largest absolute Gasteiger partial charge is 2.00 e. The summed E-state index contributed by atoms with van der Waals surface area (Å²) in [6.45, 7) is 1.19. The maximum absolute atomic E-state index is 11.4. The standard InChI is InChI=1S/C10H9ClN2O3.C7H6ClN2O.O.V/c1-6(10(15)16)12-13-9(14)7-2-4-8(11)5-3-7;8-6-3-1-5(2-4-6)7(11)10-9;;/h2-5H,1H3,(H,13,14)(H,15,16);1-4,9H,(H,10,11);;/q;-1;-2;/p-2/b12-6+;;;. The predicted molar refractivity (Wildman–Crippen MR) is 100 cm³/mol. The second-order valence-electron chi connectivity index (χ2n) is 4.85. The third-order valence-corrected chi connectivity index (χ3v) is 3.40. The summed E-state index contributed by atoms with van der Waals surface area (Å²) in [4.78, 5) is 21.0. The van der Waals surface area contributed by atoms with E-state index in [2.05, 4.69) is 10.2 Å². The number of amides is 1. The summed E-state index contributed by atoms with van der Waals surface area (Å²) >= 11 is 11.2. The van der Waals surface area contributed by atoms with E-state index < -0.39 is 17.8 Å². The molecule has 2 aromatic carbocycles. The van der Waals surface area contributed by atoms with Crippen molar-refractivity contribution in [2.45, 2.75) is 6.92 Å². The van der Waals surface area contributed by atoms with Crippen molar-refractivity contribution < 1.29 is 43.8 Å². The quantitative estimate of drug-likeness (QED) is 0.402. The summed E-state index contributed by atoms with van der Waals surface area (Å²) < 4.78 is 0. The van der Waals surface area contributed by atoms with E-state index in [0.717, 1.165) is 0 Å². The predicted octanol–water partition coefficient (Wildman–Crippen LogP) is 1.49. The molecule has 2 N–H and O–H groups in total. The van der Waals surface area contributed by atoms with E-state index in [9.17, 15) is 19.8 Å². The summed E-state index contributed by atoms with van der Waals surface area (Å²) in [6.07, 6.45) is 0. The molecule has 0 unspecified atom stereocenters. The van der Waals surface area contributed by atoms with E-state index in [0.29, 0.717) is 15.6 Å². The molecule has 0 aromatic heterocycles. The first-order valence-electron chi connectivity index (χ1n) is 7.23. The summed E-state index contributed by atoms with van der Waals surface area (Å²) in [7, 11) is 0. The molecule has 1 amide bonds. The van der Waals surface area contributed by atoms with Crippen molar-refractivity contribution in [1.29, 1.82) is 0 Å². The molecule has 0 atom stereocenters. The van der Waals surface area contributed by atoms with E-state index in [4.69, 9.17) is 29.0 Å². The van der Waals surface area contributed by atoms with Crippen molar-refractivity contribution in [2.75, 3.05) is 0 Å². The maximum Gasteiger partial charge on any atom is 0.234 e. The molecule has 0 aliphatic heterocycles. The number of carboxylic acid groups (broad SMARTS) is 1. The van der Waals surface area contributed by atoms with Gasteiger partial charge in [-0.3, -0.25) is 4.79 Å². The van der Waals surface area contributed by atoms with Gasteiger partial charge in [0.1, 0.15) is 0 Å². The molecule has 0 fully saturated rings. The molecular weight excluding hydrogens is 462 g/mol. The molecule has 0 aliphatic carbocycles. The Morgan fingerprint density at radius 1 is 0.897 bits per heavy atom. The average molecular weight is 475 g/mol. The molecule has 0 heterocycles. The number of aliphatic carboxylic acids is 1. The summed E-state index contributed by atoms with van der Waals surface area (Å²) in [5.41, 5.74) is 2.12. The summed E-state index contributed by atoms with van der Waals surface area (Å²) in [5, 5.41) is 29.1. The van der Waals surface area contributed by atoms with Crippen LogP contribution in [0.4, 0.5) is 0 Å². The van der Waals surface area contributed by atoms with Gasteiger partial charge in [-0.1, -0.05) is 35.3 Å². The minimum absolute atomic E-state index is 0. The van der Waals surface area contributed by atoms with Crippen molar-refractivity contribution in [3.05, 3.63) is 75.5 Å². The van der Waals surface area contributed by atoms with Crippen molar-refractivity contribution >= 4 is 46.7 Å². The first kappa shape index (κ1) is 28.8. The molecule has 0 aliphatic rings. The molecular formula is C17H13Cl2N4O5V-5. The van der Waals surface area contributed by atoms with Gasteiger partial charge in [-0.15, -0.1) is 0 Å². The molecule has 0 spiro atoms. The molecule has 0 bridgehead atoms. The fourth-order valence-electron chi connectivity index (χ4n) is 1.48. The van der Waals surface area contributed by atoms with Gasteiger partial charge < -0.3 is 31.8 Å². The number of rotatable bonds is 4. The number of benzene rings is 2. The Labute approximate surface area is 188 Å². The van der Waals surface area contributed by atoms with Crippen LogP contribution in [0.3, 0.4) is 0 Å². The van der Waals surface area contributed by atoms with Crippen LogP contribution in [-0.2, 0) is 28.8 Å². The number of hydrogen-bond donors (Lipinski definition) is 1. The van der Waals surface area contributed by atoms with E-state index >= 15 is 0 Å². The Hall–Kier alpha value is -2.40. The molecule has 9 nitrogen and oxygen atoms in total. The topological polar surface area (TPSA) is 169 Å². The number of nitrogens with one attached hydrogen (secondary N) is 2. The number of hydrogen-bond acceptors (Lipinski definition) is 6. The monoisotopic (exact) mass is 474 g/mol. The van der Waals surface area contributed by atoms with Gasteiger partial charge in [0.25, 0.3) is 0 Å². The van der Waals surface area contributed by atoms with Crippen LogP contribution < -0.4 is 15.6 Å². The van der Waals surface area contributed by atoms with Gasteiger partial charge in [0.05, 0.1) is 11.7 Å². The van der Waals surface area contributed by atoms with E-state index in [1.54, 1.807) is 29.7 Å². The Morgan fingerprint density at radius 3 is 1.69 bits per heavy atom. The zero-order valence-corrected chi connectivity index (χ0v) is 17.7. The Bertz CT molecular complexity index is 859.